The van der Waals surface area contributed by atoms with Gasteiger partial charge in [0.25, 0.3) is 0 Å². The smallest absolute Gasteiger partial charge is 0.413 e. The second kappa shape index (κ2) is 13.2. The second-order valence-corrected chi connectivity index (χ2v) is 8.27. The number of H-pyrrole nitrogens is 1. The fourth-order valence-corrected chi connectivity index (χ4v) is 3.50. The number of aromatic nitrogens is 1. The topological polar surface area (TPSA) is 46.0 Å². The van der Waals surface area contributed by atoms with Gasteiger partial charge in [-0.3, -0.25) is 4.98 Å². The molecule has 1 heterocycles. The lowest BCUT2D eigenvalue weighted by molar-refractivity contribution is 0.339. The van der Waals surface area contributed by atoms with E-state index in [1.54, 1.807) is 6.20 Å². The maximum atomic E-state index is 11.1. The van der Waals surface area contributed by atoms with Gasteiger partial charge in [0.15, 0.2) is 0 Å². The second-order valence-electron chi connectivity index (χ2n) is 8.27. The van der Waals surface area contributed by atoms with Gasteiger partial charge < -0.3 is 4.42 Å². The molecule has 0 unspecified atom stereocenters. The normalized spacial score (nSPS) is 12.0. The number of nitrogens with one attached hydrogen (secondary N) is 1. The molecule has 0 spiro atoms. The predicted octanol–water partition coefficient (Wildman–Crippen LogP) is 7.12. The minimum absolute atomic E-state index is 0.0453. The van der Waals surface area contributed by atoms with Crippen molar-refractivity contribution in [1.82, 2.24) is 4.98 Å². The van der Waals surface area contributed by atoms with E-state index in [0.717, 1.165) is 12.2 Å². The summed E-state index contributed by atoms with van der Waals surface area (Å²) in [6.45, 7) is 6.59. The highest BCUT2D eigenvalue weighted by atomic mass is 16.4. The Morgan fingerprint density at radius 1 is 0.800 bits per heavy atom. The van der Waals surface area contributed by atoms with E-state index < -0.39 is 0 Å². The Kier molecular flexibility index (Phi) is 11.7. The summed E-state index contributed by atoms with van der Waals surface area (Å²) in [5.74, 6) is 0.441. The first-order valence-corrected chi connectivity index (χ1v) is 10.8. The molecule has 0 aromatic carbocycles. The van der Waals surface area contributed by atoms with Crippen molar-refractivity contribution in [2.45, 2.75) is 122 Å². The number of aromatic amines is 1. The molecule has 1 aromatic rings. The first-order valence-electron chi connectivity index (χ1n) is 10.8. The van der Waals surface area contributed by atoms with Crippen LogP contribution in [0.4, 0.5) is 0 Å². The molecule has 1 rings (SSSR count). The Balaban J connectivity index is 1.88. The summed E-state index contributed by atoms with van der Waals surface area (Å²) in [5, 5.41) is 0. The largest absolute Gasteiger partial charge is 0.416 e. The van der Waals surface area contributed by atoms with Crippen LogP contribution in [-0.2, 0) is 5.41 Å². The van der Waals surface area contributed by atoms with Crippen LogP contribution >= 0.6 is 0 Å². The molecular weight excluding hydrogens is 310 g/mol. The van der Waals surface area contributed by atoms with Gasteiger partial charge in [0.2, 0.25) is 0 Å². The molecule has 0 aliphatic carbocycles. The maximum absolute atomic E-state index is 11.1. The number of hydrogen-bond acceptors (Lipinski definition) is 2. The minimum Gasteiger partial charge on any atom is -0.413 e. The average Bonchev–Trinajstić information content (AvgIpc) is 3.02. The van der Waals surface area contributed by atoms with Gasteiger partial charge in [0, 0.05) is 11.6 Å². The van der Waals surface area contributed by atoms with Crippen molar-refractivity contribution in [3.63, 3.8) is 0 Å². The quantitative estimate of drug-likeness (QED) is 0.322. The Bertz CT molecular complexity index is 472. The molecule has 146 valence electrons. The van der Waals surface area contributed by atoms with Crippen molar-refractivity contribution in [2.24, 2.45) is 0 Å². The van der Waals surface area contributed by atoms with Crippen LogP contribution in [0.3, 0.4) is 0 Å². The first kappa shape index (κ1) is 22.1. The first-order chi connectivity index (χ1) is 12.1. The summed E-state index contributed by atoms with van der Waals surface area (Å²) in [4.78, 5) is 13.7. The molecule has 25 heavy (non-hydrogen) atoms. The van der Waals surface area contributed by atoms with Crippen LogP contribution in [-0.4, -0.2) is 4.98 Å². The van der Waals surface area contributed by atoms with Gasteiger partial charge in [-0.1, -0.05) is 111 Å². The van der Waals surface area contributed by atoms with E-state index in [2.05, 4.69) is 25.8 Å². The van der Waals surface area contributed by atoms with E-state index in [-0.39, 0.29) is 11.2 Å². The molecule has 1 aromatic heterocycles. The van der Waals surface area contributed by atoms with Gasteiger partial charge in [0.1, 0.15) is 5.76 Å². The van der Waals surface area contributed by atoms with Gasteiger partial charge in [-0.15, -0.1) is 0 Å². The Labute approximate surface area is 155 Å². The molecule has 3 nitrogen and oxygen atoms in total. The molecule has 0 radical (unpaired) electrons. The van der Waals surface area contributed by atoms with E-state index in [1.807, 2.05) is 0 Å². The standard InChI is InChI=1S/C22H41NO2/c1-4-5-6-7-8-9-10-11-12-13-14-15-16-17-18-22(2,3)20-19-23-21(24)25-20/h19H,4-18H2,1-3H3,(H,23,24). The van der Waals surface area contributed by atoms with E-state index in [4.69, 9.17) is 4.42 Å². The third-order valence-electron chi connectivity index (χ3n) is 5.35. The third kappa shape index (κ3) is 10.6. The highest BCUT2D eigenvalue weighted by Gasteiger charge is 2.23. The number of unbranched alkanes of at least 4 members (excludes halogenated alkanes) is 13. The van der Waals surface area contributed by atoms with Crippen LogP contribution in [0.5, 0.6) is 0 Å². The fourth-order valence-electron chi connectivity index (χ4n) is 3.50. The molecule has 3 heteroatoms. The minimum atomic E-state index is -0.343. The molecule has 0 aliphatic heterocycles. The summed E-state index contributed by atoms with van der Waals surface area (Å²) in [5.41, 5.74) is -0.0453. The zero-order chi connectivity index (χ0) is 18.4. The number of oxazole rings is 1. The van der Waals surface area contributed by atoms with E-state index >= 15 is 0 Å². The summed E-state index contributed by atoms with van der Waals surface area (Å²) >= 11 is 0. The summed E-state index contributed by atoms with van der Waals surface area (Å²) in [7, 11) is 0. The Hall–Kier alpha value is -0.990. The van der Waals surface area contributed by atoms with E-state index in [0.29, 0.717) is 0 Å². The van der Waals surface area contributed by atoms with Crippen LogP contribution in [0, 0.1) is 0 Å². The van der Waals surface area contributed by atoms with Crippen molar-refractivity contribution in [1.29, 1.82) is 0 Å². The van der Waals surface area contributed by atoms with Crippen LogP contribution in [0.25, 0.3) is 0 Å². The summed E-state index contributed by atoms with van der Waals surface area (Å²) in [6, 6.07) is 0. The average molecular weight is 352 g/mol. The molecule has 0 bridgehead atoms. The summed E-state index contributed by atoms with van der Waals surface area (Å²) in [6.07, 6.45) is 22.2. The molecule has 0 saturated heterocycles. The zero-order valence-electron chi connectivity index (χ0n) is 17.0. The lowest BCUT2D eigenvalue weighted by Crippen LogP contribution is -2.16. The van der Waals surface area contributed by atoms with Crippen LogP contribution in [0.1, 0.15) is 123 Å². The molecule has 0 saturated carbocycles. The monoisotopic (exact) mass is 351 g/mol. The van der Waals surface area contributed by atoms with Crippen molar-refractivity contribution in [3.05, 3.63) is 22.5 Å². The van der Waals surface area contributed by atoms with Crippen LogP contribution in [0.15, 0.2) is 15.4 Å². The Morgan fingerprint density at radius 3 is 1.64 bits per heavy atom. The fraction of sp³-hybridized carbons (Fsp3) is 0.864. The highest BCUT2D eigenvalue weighted by molar-refractivity contribution is 5.05. The molecule has 0 atom stereocenters. The highest BCUT2D eigenvalue weighted by Crippen LogP contribution is 2.28. The zero-order valence-corrected chi connectivity index (χ0v) is 17.0. The molecule has 0 amide bonds. The van der Waals surface area contributed by atoms with Gasteiger partial charge in [-0.25, -0.2) is 4.79 Å². The van der Waals surface area contributed by atoms with Crippen molar-refractivity contribution in [2.75, 3.05) is 0 Å². The number of rotatable bonds is 16. The lowest BCUT2D eigenvalue weighted by Gasteiger charge is -2.21. The van der Waals surface area contributed by atoms with E-state index in [9.17, 15) is 4.79 Å². The molecular formula is C22H41NO2. The third-order valence-corrected chi connectivity index (χ3v) is 5.35. The van der Waals surface area contributed by atoms with Crippen molar-refractivity contribution >= 4 is 0 Å². The van der Waals surface area contributed by atoms with Gasteiger partial charge >= 0.3 is 5.76 Å². The number of hydrogen-bond donors (Lipinski definition) is 1. The van der Waals surface area contributed by atoms with Gasteiger partial charge in [-0.2, -0.15) is 0 Å². The molecule has 0 fully saturated rings. The lowest BCUT2D eigenvalue weighted by atomic mass is 9.84. The van der Waals surface area contributed by atoms with Gasteiger partial charge in [0.05, 0.1) is 0 Å². The molecule has 0 aliphatic rings. The van der Waals surface area contributed by atoms with Crippen LogP contribution in [0.2, 0.25) is 0 Å². The maximum Gasteiger partial charge on any atom is 0.416 e. The van der Waals surface area contributed by atoms with E-state index in [1.165, 1.54) is 89.9 Å². The van der Waals surface area contributed by atoms with Crippen LogP contribution < -0.4 is 5.76 Å². The van der Waals surface area contributed by atoms with Crippen molar-refractivity contribution in [3.8, 4) is 0 Å². The molecule has 1 N–H and O–H groups in total. The van der Waals surface area contributed by atoms with Gasteiger partial charge in [-0.05, 0) is 6.42 Å². The SMILES string of the molecule is CCCCCCCCCCCCCCCCC(C)(C)c1c[nH]c(=O)o1. The van der Waals surface area contributed by atoms with Crippen molar-refractivity contribution < 1.29 is 4.42 Å². The summed E-state index contributed by atoms with van der Waals surface area (Å²) < 4.78 is 5.21. The Morgan fingerprint density at radius 2 is 1.24 bits per heavy atom. The predicted molar refractivity (Wildman–Crippen MR) is 107 cm³/mol.